The van der Waals surface area contributed by atoms with Crippen LogP contribution in [0.15, 0.2) is 42.6 Å². The Morgan fingerprint density at radius 1 is 1.10 bits per heavy atom. The summed E-state index contributed by atoms with van der Waals surface area (Å²) in [6.07, 6.45) is 1.51. The number of rotatable bonds is 2. The topological polar surface area (TPSA) is 60.2 Å². The lowest BCUT2D eigenvalue weighted by Gasteiger charge is -2.37. The van der Waals surface area contributed by atoms with Gasteiger partial charge < -0.3 is 9.80 Å². The number of nitriles is 1. The van der Waals surface area contributed by atoms with Gasteiger partial charge in [0.25, 0.3) is 5.91 Å². The minimum Gasteiger partial charge on any atom is -0.366 e. The van der Waals surface area contributed by atoms with Gasteiger partial charge in [-0.3, -0.25) is 9.78 Å². The standard InChI is InChI=1S/C22H18F2N4O/c1-14-9-18(24)11-19-20(14)26-13-16(12-25)21(19)27-5-7-28(8-6-27)22(29)15-3-2-4-17(23)10-15/h2-4,9-11,13H,5-8H2,1H3. The van der Waals surface area contributed by atoms with Crippen LogP contribution in [0.1, 0.15) is 21.5 Å². The number of hydrogen-bond acceptors (Lipinski definition) is 4. The number of fused-ring (bicyclic) bond motifs is 1. The molecule has 2 aromatic carbocycles. The molecule has 0 saturated carbocycles. The maximum Gasteiger partial charge on any atom is 0.254 e. The number of halogens is 2. The van der Waals surface area contributed by atoms with Crippen LogP contribution >= 0.6 is 0 Å². The normalized spacial score (nSPS) is 14.1. The van der Waals surface area contributed by atoms with E-state index in [1.807, 2.05) is 4.90 Å². The first kappa shape index (κ1) is 18.8. The third-order valence-electron chi connectivity index (χ3n) is 5.17. The molecule has 1 aliphatic rings. The fraction of sp³-hybridized carbons (Fsp3) is 0.227. The summed E-state index contributed by atoms with van der Waals surface area (Å²) in [6, 6.07) is 10.6. The van der Waals surface area contributed by atoms with Gasteiger partial charge in [0.1, 0.15) is 17.7 Å². The Morgan fingerprint density at radius 3 is 2.55 bits per heavy atom. The molecule has 1 saturated heterocycles. The van der Waals surface area contributed by atoms with Crippen molar-refractivity contribution in [2.24, 2.45) is 0 Å². The number of benzene rings is 2. The maximum atomic E-state index is 14.1. The van der Waals surface area contributed by atoms with Gasteiger partial charge in [0.2, 0.25) is 0 Å². The number of carbonyl (C=O) groups excluding carboxylic acids is 1. The second kappa shape index (κ2) is 7.47. The summed E-state index contributed by atoms with van der Waals surface area (Å²) in [5.41, 5.74) is 2.66. The Hall–Kier alpha value is -3.53. The largest absolute Gasteiger partial charge is 0.366 e. The van der Waals surface area contributed by atoms with Crippen molar-refractivity contribution in [1.82, 2.24) is 9.88 Å². The van der Waals surface area contributed by atoms with Crippen molar-refractivity contribution in [2.45, 2.75) is 6.92 Å². The number of pyridine rings is 1. The highest BCUT2D eigenvalue weighted by molar-refractivity contribution is 5.97. The summed E-state index contributed by atoms with van der Waals surface area (Å²) in [4.78, 5) is 20.6. The van der Waals surface area contributed by atoms with Crippen LogP contribution in [0.5, 0.6) is 0 Å². The number of carbonyl (C=O) groups is 1. The number of aryl methyl sites for hydroxylation is 1. The van der Waals surface area contributed by atoms with Gasteiger partial charge in [0, 0.05) is 43.3 Å². The lowest BCUT2D eigenvalue weighted by atomic mass is 10.0. The molecular weight excluding hydrogens is 374 g/mol. The van der Waals surface area contributed by atoms with Gasteiger partial charge in [-0.05, 0) is 42.8 Å². The van der Waals surface area contributed by atoms with Crippen LogP contribution in [-0.4, -0.2) is 42.0 Å². The summed E-state index contributed by atoms with van der Waals surface area (Å²) < 4.78 is 27.5. The Morgan fingerprint density at radius 2 is 1.86 bits per heavy atom. The number of piperazine rings is 1. The molecule has 2 heterocycles. The van der Waals surface area contributed by atoms with Crippen LogP contribution in [0.25, 0.3) is 10.9 Å². The van der Waals surface area contributed by atoms with Crippen LogP contribution in [0.3, 0.4) is 0 Å². The maximum absolute atomic E-state index is 14.1. The SMILES string of the molecule is Cc1cc(F)cc2c(N3CCN(C(=O)c4cccc(F)c4)CC3)c(C#N)cnc12. The van der Waals surface area contributed by atoms with E-state index in [0.717, 1.165) is 0 Å². The van der Waals surface area contributed by atoms with E-state index in [9.17, 15) is 18.8 Å². The molecule has 0 atom stereocenters. The minimum absolute atomic E-state index is 0.230. The van der Waals surface area contributed by atoms with Gasteiger partial charge >= 0.3 is 0 Å². The van der Waals surface area contributed by atoms with Gasteiger partial charge in [-0.15, -0.1) is 0 Å². The van der Waals surface area contributed by atoms with Crippen molar-refractivity contribution in [3.63, 3.8) is 0 Å². The average Bonchev–Trinajstić information content (AvgIpc) is 2.72. The monoisotopic (exact) mass is 392 g/mol. The van der Waals surface area contributed by atoms with E-state index in [1.165, 1.54) is 36.5 Å². The third kappa shape index (κ3) is 3.49. The summed E-state index contributed by atoms with van der Waals surface area (Å²) in [7, 11) is 0. The summed E-state index contributed by atoms with van der Waals surface area (Å²) >= 11 is 0. The summed E-state index contributed by atoms with van der Waals surface area (Å²) in [5.74, 6) is -1.06. The molecule has 5 nitrogen and oxygen atoms in total. The lowest BCUT2D eigenvalue weighted by Crippen LogP contribution is -2.49. The first-order valence-electron chi connectivity index (χ1n) is 9.26. The van der Waals surface area contributed by atoms with Crippen molar-refractivity contribution in [1.29, 1.82) is 5.26 Å². The Balaban J connectivity index is 1.63. The van der Waals surface area contributed by atoms with Crippen molar-refractivity contribution in [3.8, 4) is 6.07 Å². The van der Waals surface area contributed by atoms with Crippen LogP contribution in [0.4, 0.5) is 14.5 Å². The van der Waals surface area contributed by atoms with E-state index in [4.69, 9.17) is 0 Å². The zero-order valence-electron chi connectivity index (χ0n) is 15.8. The number of anilines is 1. The molecule has 0 unspecified atom stereocenters. The highest BCUT2D eigenvalue weighted by Crippen LogP contribution is 2.32. The second-order valence-corrected chi connectivity index (χ2v) is 7.04. The highest BCUT2D eigenvalue weighted by atomic mass is 19.1. The van der Waals surface area contributed by atoms with Crippen molar-refractivity contribution < 1.29 is 13.6 Å². The number of amides is 1. The molecular formula is C22H18F2N4O. The van der Waals surface area contributed by atoms with E-state index in [1.54, 1.807) is 17.9 Å². The number of aromatic nitrogens is 1. The highest BCUT2D eigenvalue weighted by Gasteiger charge is 2.25. The molecule has 1 aromatic heterocycles. The molecule has 0 N–H and O–H groups in total. The fourth-order valence-electron chi connectivity index (χ4n) is 3.78. The summed E-state index contributed by atoms with van der Waals surface area (Å²) in [5, 5.41) is 10.1. The molecule has 1 fully saturated rings. The zero-order valence-corrected chi connectivity index (χ0v) is 15.8. The third-order valence-corrected chi connectivity index (χ3v) is 5.17. The molecule has 0 bridgehead atoms. The second-order valence-electron chi connectivity index (χ2n) is 7.04. The Bertz CT molecular complexity index is 1150. The van der Waals surface area contributed by atoms with Crippen LogP contribution in [-0.2, 0) is 0 Å². The lowest BCUT2D eigenvalue weighted by molar-refractivity contribution is 0.0746. The van der Waals surface area contributed by atoms with E-state index in [0.29, 0.717) is 59.5 Å². The summed E-state index contributed by atoms with van der Waals surface area (Å²) in [6.45, 7) is 3.56. The van der Waals surface area contributed by atoms with E-state index in [2.05, 4.69) is 11.1 Å². The predicted molar refractivity (Wildman–Crippen MR) is 106 cm³/mol. The minimum atomic E-state index is -0.450. The van der Waals surface area contributed by atoms with Crippen LogP contribution in [0, 0.1) is 29.9 Å². The predicted octanol–water partition coefficient (Wildman–Crippen LogP) is 3.66. The van der Waals surface area contributed by atoms with Gasteiger partial charge in [0.15, 0.2) is 0 Å². The number of hydrogen-bond donors (Lipinski definition) is 0. The van der Waals surface area contributed by atoms with Crippen molar-refractivity contribution >= 4 is 22.5 Å². The van der Waals surface area contributed by atoms with Gasteiger partial charge in [0.05, 0.1) is 16.8 Å². The zero-order chi connectivity index (χ0) is 20.5. The first-order chi connectivity index (χ1) is 14.0. The molecule has 1 aliphatic heterocycles. The van der Waals surface area contributed by atoms with E-state index in [-0.39, 0.29) is 11.7 Å². The smallest absolute Gasteiger partial charge is 0.254 e. The molecule has 4 rings (SSSR count). The van der Waals surface area contributed by atoms with Crippen LogP contribution in [0.2, 0.25) is 0 Å². The molecule has 29 heavy (non-hydrogen) atoms. The average molecular weight is 392 g/mol. The van der Waals surface area contributed by atoms with Crippen molar-refractivity contribution in [2.75, 3.05) is 31.1 Å². The van der Waals surface area contributed by atoms with E-state index >= 15 is 0 Å². The first-order valence-corrected chi connectivity index (χ1v) is 9.26. The Kier molecular flexibility index (Phi) is 4.85. The van der Waals surface area contributed by atoms with Gasteiger partial charge in [-0.2, -0.15) is 5.26 Å². The number of nitrogens with zero attached hydrogens (tertiary/aromatic N) is 4. The van der Waals surface area contributed by atoms with E-state index < -0.39 is 5.82 Å². The van der Waals surface area contributed by atoms with Gasteiger partial charge in [-0.25, -0.2) is 8.78 Å². The van der Waals surface area contributed by atoms with Crippen LogP contribution < -0.4 is 4.90 Å². The molecule has 0 radical (unpaired) electrons. The molecule has 1 amide bonds. The van der Waals surface area contributed by atoms with Gasteiger partial charge in [-0.1, -0.05) is 6.07 Å². The van der Waals surface area contributed by atoms with Crippen molar-refractivity contribution in [3.05, 3.63) is 70.9 Å². The Labute approximate surface area is 166 Å². The quantitative estimate of drug-likeness (QED) is 0.668. The molecule has 0 spiro atoms. The molecule has 7 heteroatoms. The molecule has 3 aromatic rings. The molecule has 0 aliphatic carbocycles. The fourth-order valence-corrected chi connectivity index (χ4v) is 3.78. The molecule has 146 valence electrons.